The summed E-state index contributed by atoms with van der Waals surface area (Å²) < 4.78 is 5.66. The molecule has 0 spiro atoms. The van der Waals surface area contributed by atoms with Crippen LogP contribution in [0, 0.1) is 6.07 Å². The van der Waals surface area contributed by atoms with Gasteiger partial charge < -0.3 is 4.74 Å². The van der Waals surface area contributed by atoms with E-state index in [0.29, 0.717) is 6.10 Å². The lowest BCUT2D eigenvalue weighted by Crippen LogP contribution is -2.11. The SMILES string of the molecule is CCCCC(C)Oc1[c]cccc1. The van der Waals surface area contributed by atoms with Crippen molar-refractivity contribution in [3.8, 4) is 5.75 Å². The van der Waals surface area contributed by atoms with Gasteiger partial charge in [0, 0.05) is 6.07 Å². The molecule has 1 rings (SSSR count). The zero-order chi connectivity index (χ0) is 9.52. The van der Waals surface area contributed by atoms with E-state index in [1.807, 2.05) is 24.3 Å². The predicted octanol–water partition coefficient (Wildman–Crippen LogP) is 3.44. The van der Waals surface area contributed by atoms with Crippen LogP contribution in [0.2, 0.25) is 0 Å². The van der Waals surface area contributed by atoms with Gasteiger partial charge in [0.2, 0.25) is 0 Å². The fraction of sp³-hybridized carbons (Fsp3) is 0.500. The molecular weight excluding hydrogens is 160 g/mol. The normalized spacial score (nSPS) is 12.5. The van der Waals surface area contributed by atoms with E-state index in [2.05, 4.69) is 19.9 Å². The molecule has 1 heteroatoms. The fourth-order valence-electron chi connectivity index (χ4n) is 1.22. The molecule has 0 aliphatic rings. The van der Waals surface area contributed by atoms with Gasteiger partial charge in [0.1, 0.15) is 5.75 Å². The summed E-state index contributed by atoms with van der Waals surface area (Å²) in [4.78, 5) is 0. The van der Waals surface area contributed by atoms with Crippen molar-refractivity contribution >= 4 is 0 Å². The monoisotopic (exact) mass is 177 g/mol. The summed E-state index contributed by atoms with van der Waals surface area (Å²) in [6.45, 7) is 4.30. The van der Waals surface area contributed by atoms with Gasteiger partial charge in [-0.1, -0.05) is 38.0 Å². The molecule has 0 heterocycles. The molecule has 1 unspecified atom stereocenters. The third kappa shape index (κ3) is 3.97. The number of rotatable bonds is 5. The lowest BCUT2D eigenvalue weighted by Gasteiger charge is -2.13. The smallest absolute Gasteiger partial charge is 0.127 e. The largest absolute Gasteiger partial charge is 0.490 e. The van der Waals surface area contributed by atoms with E-state index in [1.54, 1.807) is 0 Å². The minimum Gasteiger partial charge on any atom is -0.490 e. The highest BCUT2D eigenvalue weighted by Gasteiger charge is 2.01. The Bertz CT molecular complexity index is 218. The van der Waals surface area contributed by atoms with Gasteiger partial charge in [0.25, 0.3) is 0 Å². The van der Waals surface area contributed by atoms with E-state index in [4.69, 9.17) is 4.74 Å². The summed E-state index contributed by atoms with van der Waals surface area (Å²) in [6.07, 6.45) is 3.89. The molecule has 0 amide bonds. The summed E-state index contributed by atoms with van der Waals surface area (Å²) in [5.74, 6) is 0.853. The molecule has 0 aromatic heterocycles. The van der Waals surface area contributed by atoms with Crippen molar-refractivity contribution in [2.24, 2.45) is 0 Å². The molecule has 0 fully saturated rings. The van der Waals surface area contributed by atoms with E-state index < -0.39 is 0 Å². The Morgan fingerprint density at radius 3 is 2.92 bits per heavy atom. The van der Waals surface area contributed by atoms with Crippen molar-refractivity contribution in [2.75, 3.05) is 0 Å². The van der Waals surface area contributed by atoms with Crippen molar-refractivity contribution < 1.29 is 4.74 Å². The first kappa shape index (κ1) is 10.1. The molecule has 13 heavy (non-hydrogen) atoms. The lowest BCUT2D eigenvalue weighted by molar-refractivity contribution is 0.207. The quantitative estimate of drug-likeness (QED) is 0.669. The van der Waals surface area contributed by atoms with Crippen LogP contribution in [0.4, 0.5) is 0 Å². The maximum atomic E-state index is 5.66. The average molecular weight is 177 g/mol. The minimum atomic E-state index is 0.304. The molecular formula is C12H17O. The molecule has 1 aromatic carbocycles. The number of ether oxygens (including phenoxy) is 1. The maximum absolute atomic E-state index is 5.66. The summed E-state index contributed by atoms with van der Waals surface area (Å²) in [5.41, 5.74) is 0. The zero-order valence-corrected chi connectivity index (χ0v) is 8.42. The second-order valence-corrected chi connectivity index (χ2v) is 3.30. The molecule has 0 aliphatic heterocycles. The van der Waals surface area contributed by atoms with E-state index >= 15 is 0 Å². The molecule has 1 atom stereocenters. The van der Waals surface area contributed by atoms with Gasteiger partial charge in [-0.05, 0) is 19.4 Å². The summed E-state index contributed by atoms with van der Waals surface area (Å²) in [6, 6.07) is 10.8. The second-order valence-electron chi connectivity index (χ2n) is 3.30. The molecule has 0 saturated heterocycles. The molecule has 0 saturated carbocycles. The predicted molar refractivity (Wildman–Crippen MR) is 54.9 cm³/mol. The topological polar surface area (TPSA) is 9.23 Å². The summed E-state index contributed by atoms with van der Waals surface area (Å²) in [7, 11) is 0. The van der Waals surface area contributed by atoms with E-state index in [9.17, 15) is 0 Å². The highest BCUT2D eigenvalue weighted by atomic mass is 16.5. The third-order valence-corrected chi connectivity index (χ3v) is 1.97. The summed E-state index contributed by atoms with van der Waals surface area (Å²) >= 11 is 0. The van der Waals surface area contributed by atoms with Crippen molar-refractivity contribution in [1.82, 2.24) is 0 Å². The van der Waals surface area contributed by atoms with Crippen LogP contribution in [-0.2, 0) is 0 Å². The maximum Gasteiger partial charge on any atom is 0.127 e. The third-order valence-electron chi connectivity index (χ3n) is 1.97. The van der Waals surface area contributed by atoms with Gasteiger partial charge in [-0.2, -0.15) is 0 Å². The Kier molecular flexibility index (Phi) is 4.37. The minimum absolute atomic E-state index is 0.304. The van der Waals surface area contributed by atoms with Gasteiger partial charge in [0.05, 0.1) is 6.10 Å². The van der Waals surface area contributed by atoms with Gasteiger partial charge in [-0.15, -0.1) is 0 Å². The van der Waals surface area contributed by atoms with E-state index in [1.165, 1.54) is 12.8 Å². The first-order valence-corrected chi connectivity index (χ1v) is 4.96. The Morgan fingerprint density at radius 1 is 1.46 bits per heavy atom. The number of unbranched alkanes of at least 4 members (excludes halogenated alkanes) is 1. The average Bonchev–Trinajstić information content (AvgIpc) is 2.16. The van der Waals surface area contributed by atoms with Gasteiger partial charge >= 0.3 is 0 Å². The highest BCUT2D eigenvalue weighted by molar-refractivity contribution is 5.19. The van der Waals surface area contributed by atoms with Crippen LogP contribution in [0.5, 0.6) is 5.75 Å². The van der Waals surface area contributed by atoms with Crippen LogP contribution in [0.15, 0.2) is 24.3 Å². The Morgan fingerprint density at radius 2 is 2.31 bits per heavy atom. The van der Waals surface area contributed by atoms with Gasteiger partial charge in [-0.3, -0.25) is 0 Å². The fourth-order valence-corrected chi connectivity index (χ4v) is 1.22. The standard InChI is InChI=1S/C12H17O/c1-3-4-8-11(2)13-12-9-6-5-7-10-12/h5-7,9,11H,3-4,8H2,1-2H3. The number of para-hydroxylation sites is 1. The summed E-state index contributed by atoms with van der Waals surface area (Å²) in [5, 5.41) is 0. The van der Waals surface area contributed by atoms with Crippen molar-refractivity contribution in [2.45, 2.75) is 39.2 Å². The van der Waals surface area contributed by atoms with Gasteiger partial charge in [0.15, 0.2) is 0 Å². The van der Waals surface area contributed by atoms with E-state index in [0.717, 1.165) is 12.2 Å². The van der Waals surface area contributed by atoms with Crippen LogP contribution < -0.4 is 4.74 Å². The number of hydrogen-bond donors (Lipinski definition) is 0. The molecule has 0 bridgehead atoms. The van der Waals surface area contributed by atoms with Crippen molar-refractivity contribution in [3.63, 3.8) is 0 Å². The molecule has 1 nitrogen and oxygen atoms in total. The van der Waals surface area contributed by atoms with Crippen LogP contribution in [0.25, 0.3) is 0 Å². The number of benzene rings is 1. The first-order valence-electron chi connectivity index (χ1n) is 4.96. The van der Waals surface area contributed by atoms with Crippen LogP contribution in [0.1, 0.15) is 33.1 Å². The van der Waals surface area contributed by atoms with Gasteiger partial charge in [-0.25, -0.2) is 0 Å². The number of hydrogen-bond acceptors (Lipinski definition) is 1. The second kappa shape index (κ2) is 5.63. The molecule has 0 aliphatic carbocycles. The molecule has 0 N–H and O–H groups in total. The molecule has 1 radical (unpaired) electrons. The Labute approximate surface area is 80.7 Å². The Hall–Kier alpha value is -0.980. The molecule has 1 aromatic rings. The first-order chi connectivity index (χ1) is 6.33. The highest BCUT2D eigenvalue weighted by Crippen LogP contribution is 2.12. The van der Waals surface area contributed by atoms with Crippen molar-refractivity contribution in [1.29, 1.82) is 0 Å². The van der Waals surface area contributed by atoms with E-state index in [-0.39, 0.29) is 0 Å². The van der Waals surface area contributed by atoms with Crippen molar-refractivity contribution in [3.05, 3.63) is 30.3 Å². The zero-order valence-electron chi connectivity index (χ0n) is 8.42. The van der Waals surface area contributed by atoms with Crippen LogP contribution >= 0.6 is 0 Å². The molecule has 71 valence electrons. The lowest BCUT2D eigenvalue weighted by atomic mass is 10.2. The van der Waals surface area contributed by atoms with Crippen LogP contribution in [0.3, 0.4) is 0 Å². The Balaban J connectivity index is 2.32. The van der Waals surface area contributed by atoms with Crippen LogP contribution in [-0.4, -0.2) is 6.10 Å².